The van der Waals surface area contributed by atoms with E-state index in [0.717, 1.165) is 62.3 Å². The predicted octanol–water partition coefficient (Wildman–Crippen LogP) is 4.42. The van der Waals surface area contributed by atoms with Crippen molar-refractivity contribution in [3.8, 4) is 0 Å². The smallest absolute Gasteiger partial charge is 0.410 e. The molecule has 3 aliphatic heterocycles. The Balaban J connectivity index is 1.24. The minimum atomic E-state index is -0.624. The van der Waals surface area contributed by atoms with Crippen molar-refractivity contribution in [2.24, 2.45) is 5.92 Å². The molecule has 0 bridgehead atoms. The van der Waals surface area contributed by atoms with Gasteiger partial charge < -0.3 is 29.0 Å². The van der Waals surface area contributed by atoms with Gasteiger partial charge in [0.2, 0.25) is 0 Å². The van der Waals surface area contributed by atoms with E-state index < -0.39 is 11.4 Å². The highest BCUT2D eigenvalue weighted by Crippen LogP contribution is 2.49. The van der Waals surface area contributed by atoms with Gasteiger partial charge in [0.05, 0.1) is 17.5 Å². The lowest BCUT2D eigenvalue weighted by atomic mass is 9.84. The summed E-state index contributed by atoms with van der Waals surface area (Å²) in [6.07, 6.45) is 8.97. The summed E-state index contributed by atoms with van der Waals surface area (Å²) in [6.45, 7) is 13.3. The molecular weight excluding hydrogens is 496 g/mol. The van der Waals surface area contributed by atoms with Gasteiger partial charge in [-0.15, -0.1) is 0 Å². The zero-order chi connectivity index (χ0) is 27.6. The zero-order valence-corrected chi connectivity index (χ0v) is 24.3. The summed E-state index contributed by atoms with van der Waals surface area (Å²) in [6, 6.07) is 2.22. The molecule has 5 heterocycles. The van der Waals surface area contributed by atoms with E-state index in [2.05, 4.69) is 37.0 Å². The molecule has 1 N–H and O–H groups in total. The van der Waals surface area contributed by atoms with Gasteiger partial charge in [-0.05, 0) is 72.9 Å². The largest absolute Gasteiger partial charge is 0.444 e. The lowest BCUT2D eigenvalue weighted by molar-refractivity contribution is -0.161. The fourth-order valence-corrected chi connectivity index (χ4v) is 7.47. The second-order valence-corrected chi connectivity index (χ2v) is 13.3. The second-order valence-electron chi connectivity index (χ2n) is 13.3. The van der Waals surface area contributed by atoms with Gasteiger partial charge in [0.25, 0.3) is 0 Å². The maximum atomic E-state index is 12.9. The van der Waals surface area contributed by atoms with E-state index in [0.29, 0.717) is 5.92 Å². The summed E-state index contributed by atoms with van der Waals surface area (Å²) < 4.78 is 21.1. The van der Waals surface area contributed by atoms with E-state index in [4.69, 9.17) is 14.2 Å². The van der Waals surface area contributed by atoms with E-state index in [1.807, 2.05) is 46.6 Å². The molecule has 4 aliphatic rings. The van der Waals surface area contributed by atoms with Crippen LogP contribution in [0.4, 0.5) is 10.6 Å². The fourth-order valence-electron chi connectivity index (χ4n) is 7.47. The van der Waals surface area contributed by atoms with Crippen LogP contribution in [0.1, 0.15) is 72.8 Å². The van der Waals surface area contributed by atoms with Crippen molar-refractivity contribution >= 4 is 22.9 Å². The van der Waals surface area contributed by atoms with E-state index in [9.17, 15) is 4.79 Å². The summed E-state index contributed by atoms with van der Waals surface area (Å²) in [4.78, 5) is 26.6. The number of hydrogen-bond donors (Lipinski definition) is 1. The second kappa shape index (κ2) is 9.59. The van der Waals surface area contributed by atoms with Crippen LogP contribution in [-0.4, -0.2) is 92.8 Å². The van der Waals surface area contributed by atoms with Crippen molar-refractivity contribution in [3.05, 3.63) is 18.6 Å². The summed E-state index contributed by atoms with van der Waals surface area (Å²) in [7, 11) is 1.89. The number of carbonyl (C=O) groups is 1. The molecule has 3 saturated heterocycles. The van der Waals surface area contributed by atoms with Gasteiger partial charge in [0.15, 0.2) is 5.79 Å². The van der Waals surface area contributed by atoms with Gasteiger partial charge in [-0.25, -0.2) is 14.8 Å². The molecule has 4 fully saturated rings. The molecule has 0 aromatic carbocycles. The van der Waals surface area contributed by atoms with Crippen LogP contribution in [0.25, 0.3) is 11.0 Å². The molecule has 1 aliphatic carbocycles. The molecular formula is C29H44N6O4. The first kappa shape index (κ1) is 26.8. The molecule has 10 nitrogen and oxygen atoms in total. The number of anilines is 1. The van der Waals surface area contributed by atoms with Gasteiger partial charge in [-0.2, -0.15) is 0 Å². The van der Waals surface area contributed by atoms with Crippen LogP contribution in [0.3, 0.4) is 0 Å². The SMILES string of the molecule is CNc1ncnc2c1ccn2[C@@H]1C[C@H](CN2CCCCC23CCN(C(=O)OC(C)(C)C)C3)[C@H]2OC(C)(C)O[C@H]21. The molecule has 0 radical (unpaired) electrons. The molecule has 2 aromatic heterocycles. The normalized spacial score (nSPS) is 32.7. The summed E-state index contributed by atoms with van der Waals surface area (Å²) >= 11 is 0. The number of piperidine rings is 1. The first-order chi connectivity index (χ1) is 18.5. The van der Waals surface area contributed by atoms with E-state index in [-0.39, 0.29) is 29.9 Å². The van der Waals surface area contributed by atoms with E-state index >= 15 is 0 Å². The van der Waals surface area contributed by atoms with Gasteiger partial charge in [0, 0.05) is 44.3 Å². The quantitative estimate of drug-likeness (QED) is 0.609. The lowest BCUT2D eigenvalue weighted by Gasteiger charge is -2.46. The standard InChI is InChI=1S/C29H44N6O4/c1-27(2,3)39-26(36)33-14-11-29(17-33)10-7-8-12-34(29)16-19-15-21(23-22(19)37-28(4,5)38-23)35-13-9-20-24(30-6)31-18-32-25(20)35/h9,13,18-19,21-23H,7-8,10-12,14-17H2,1-6H3,(H,30,31,32)/t19-,21-,22-,23+,29?/m1/s1. The van der Waals surface area contributed by atoms with E-state index in [1.165, 1.54) is 12.8 Å². The number of fused-ring (bicyclic) bond motifs is 2. The summed E-state index contributed by atoms with van der Waals surface area (Å²) in [5, 5.41) is 4.20. The predicted molar refractivity (Wildman–Crippen MR) is 149 cm³/mol. The van der Waals surface area contributed by atoms with Crippen LogP contribution in [0.2, 0.25) is 0 Å². The number of nitrogens with one attached hydrogen (secondary N) is 1. The Morgan fingerprint density at radius 3 is 2.72 bits per heavy atom. The number of amides is 1. The molecule has 1 unspecified atom stereocenters. The maximum Gasteiger partial charge on any atom is 0.410 e. The van der Waals surface area contributed by atoms with Crippen LogP contribution >= 0.6 is 0 Å². The Labute approximate surface area is 231 Å². The van der Waals surface area contributed by atoms with Gasteiger partial charge in [-0.3, -0.25) is 4.90 Å². The zero-order valence-electron chi connectivity index (χ0n) is 24.3. The molecule has 6 rings (SSSR count). The van der Waals surface area contributed by atoms with Gasteiger partial charge >= 0.3 is 6.09 Å². The number of ether oxygens (including phenoxy) is 3. The average molecular weight is 541 g/mol. The number of hydrogen-bond acceptors (Lipinski definition) is 8. The summed E-state index contributed by atoms with van der Waals surface area (Å²) in [5.41, 5.74) is 0.443. The molecule has 39 heavy (non-hydrogen) atoms. The molecule has 1 saturated carbocycles. The van der Waals surface area contributed by atoms with Crippen LogP contribution in [0, 0.1) is 5.92 Å². The highest BCUT2D eigenvalue weighted by molar-refractivity contribution is 5.87. The molecule has 10 heteroatoms. The third-order valence-corrected chi connectivity index (χ3v) is 9.08. The highest BCUT2D eigenvalue weighted by Gasteiger charge is 2.56. The number of likely N-dealkylation sites (tertiary alicyclic amines) is 2. The minimum absolute atomic E-state index is 0.00673. The monoisotopic (exact) mass is 540 g/mol. The first-order valence-electron chi connectivity index (χ1n) is 14.6. The highest BCUT2D eigenvalue weighted by atomic mass is 16.8. The van der Waals surface area contributed by atoms with Crippen molar-refractivity contribution in [2.45, 2.75) is 102 Å². The molecule has 2 aromatic rings. The Morgan fingerprint density at radius 1 is 1.15 bits per heavy atom. The van der Waals surface area contributed by atoms with Crippen molar-refractivity contribution in [2.75, 3.05) is 38.5 Å². The topological polar surface area (TPSA) is 94.0 Å². The summed E-state index contributed by atoms with van der Waals surface area (Å²) in [5.74, 6) is 0.524. The molecule has 5 atom stereocenters. The third kappa shape index (κ3) is 4.89. The Hall–Kier alpha value is -2.43. The van der Waals surface area contributed by atoms with Gasteiger partial charge in [0.1, 0.15) is 29.5 Å². The average Bonchev–Trinajstić information content (AvgIpc) is 3.62. The first-order valence-corrected chi connectivity index (χ1v) is 14.6. The number of carbonyl (C=O) groups excluding carboxylic acids is 1. The number of rotatable bonds is 4. The number of aromatic nitrogens is 3. The van der Waals surface area contributed by atoms with Crippen LogP contribution in [-0.2, 0) is 14.2 Å². The van der Waals surface area contributed by atoms with Crippen molar-refractivity contribution in [3.63, 3.8) is 0 Å². The van der Waals surface area contributed by atoms with Gasteiger partial charge in [-0.1, -0.05) is 6.42 Å². The Bertz CT molecular complexity index is 1220. The van der Waals surface area contributed by atoms with E-state index in [1.54, 1.807) is 6.33 Å². The van der Waals surface area contributed by atoms with Crippen molar-refractivity contribution in [1.29, 1.82) is 0 Å². The van der Waals surface area contributed by atoms with Crippen LogP contribution in [0.15, 0.2) is 18.6 Å². The molecule has 1 spiro atoms. The molecule has 1 amide bonds. The Morgan fingerprint density at radius 2 is 1.95 bits per heavy atom. The maximum absolute atomic E-state index is 12.9. The fraction of sp³-hybridized carbons (Fsp3) is 0.759. The lowest BCUT2D eigenvalue weighted by Crippen LogP contribution is -2.56. The number of nitrogens with zero attached hydrogens (tertiary/aromatic N) is 5. The van der Waals surface area contributed by atoms with Crippen LogP contribution < -0.4 is 5.32 Å². The third-order valence-electron chi connectivity index (χ3n) is 9.08. The van der Waals surface area contributed by atoms with Crippen LogP contribution in [0.5, 0.6) is 0 Å². The Kier molecular flexibility index (Phi) is 6.59. The van der Waals surface area contributed by atoms with Crippen molar-refractivity contribution in [1.82, 2.24) is 24.3 Å². The minimum Gasteiger partial charge on any atom is -0.444 e. The van der Waals surface area contributed by atoms with Crippen molar-refractivity contribution < 1.29 is 19.0 Å². The molecule has 214 valence electrons.